The number of aliphatic hydroxyl groups is 2. The van der Waals surface area contributed by atoms with Crippen molar-refractivity contribution in [3.05, 3.63) is 24.3 Å². The van der Waals surface area contributed by atoms with Gasteiger partial charge in [0.1, 0.15) is 6.10 Å². The first-order chi connectivity index (χ1) is 32.0. The molecule has 6 heteroatoms. The third-order valence-electron chi connectivity index (χ3n) is 13.5. The van der Waals surface area contributed by atoms with E-state index in [-0.39, 0.29) is 24.9 Å². The number of rotatable bonds is 53. The lowest BCUT2D eigenvalue weighted by Gasteiger charge is -2.24. The summed E-state index contributed by atoms with van der Waals surface area (Å²) in [4.78, 5) is 26.3. The van der Waals surface area contributed by atoms with Crippen molar-refractivity contribution in [3.8, 4) is 0 Å². The molecule has 0 aromatic rings. The van der Waals surface area contributed by atoms with Crippen molar-refractivity contribution in [3.63, 3.8) is 0 Å². The Hall–Kier alpha value is -1.66. The van der Waals surface area contributed by atoms with E-state index in [0.717, 1.165) is 64.2 Å². The van der Waals surface area contributed by atoms with Crippen LogP contribution in [0.3, 0.4) is 0 Å². The second-order valence-corrected chi connectivity index (χ2v) is 20.0. The number of unbranched alkanes of at least 4 members (excludes halogenated alkanes) is 37. The minimum atomic E-state index is -0.786. The molecule has 3 N–H and O–H groups in total. The molecular weight excluding hydrogens is 803 g/mol. The second-order valence-electron chi connectivity index (χ2n) is 20.0. The van der Waals surface area contributed by atoms with Crippen LogP contribution >= 0.6 is 0 Å². The first-order valence-corrected chi connectivity index (χ1v) is 29.1. The lowest BCUT2D eigenvalue weighted by Crippen LogP contribution is -2.46. The summed E-state index contributed by atoms with van der Waals surface area (Å²) in [6, 6.07) is -0.699. The Kier molecular flexibility index (Phi) is 51.9. The summed E-state index contributed by atoms with van der Waals surface area (Å²) < 4.78 is 5.96. The van der Waals surface area contributed by atoms with Gasteiger partial charge in [-0.3, -0.25) is 9.59 Å². The van der Waals surface area contributed by atoms with E-state index in [0.29, 0.717) is 19.3 Å². The zero-order valence-corrected chi connectivity index (χ0v) is 43.9. The van der Waals surface area contributed by atoms with Gasteiger partial charge in [-0.1, -0.05) is 276 Å². The van der Waals surface area contributed by atoms with E-state index in [2.05, 4.69) is 50.4 Å². The van der Waals surface area contributed by atoms with Gasteiger partial charge in [-0.25, -0.2) is 0 Å². The molecule has 0 aliphatic heterocycles. The number of amides is 1. The molecular formula is C59H113NO5. The highest BCUT2D eigenvalue weighted by atomic mass is 16.5. The van der Waals surface area contributed by atoms with Crippen molar-refractivity contribution < 1.29 is 24.5 Å². The van der Waals surface area contributed by atoms with Crippen LogP contribution in [0.1, 0.15) is 316 Å². The summed E-state index contributed by atoms with van der Waals surface area (Å²) >= 11 is 0. The Morgan fingerprint density at radius 3 is 1.25 bits per heavy atom. The van der Waals surface area contributed by atoms with Gasteiger partial charge in [0.15, 0.2) is 0 Å². The Morgan fingerprint density at radius 2 is 0.831 bits per heavy atom. The SMILES string of the molecule is CC/C=C/C/C=C/CCCCCCCCCC(=O)OC(CCCCCCCCCCCCCCCCC)CC(=O)NC(CO)C(O)CCCCCCCCCCCCCCCCCCC. The number of carbonyl (C=O) groups excluding carboxylic acids is 2. The number of ether oxygens (including phenoxy) is 1. The molecule has 0 aromatic heterocycles. The van der Waals surface area contributed by atoms with Crippen molar-refractivity contribution in [2.24, 2.45) is 0 Å². The highest BCUT2D eigenvalue weighted by Crippen LogP contribution is 2.19. The minimum Gasteiger partial charge on any atom is -0.462 e. The van der Waals surface area contributed by atoms with Crippen molar-refractivity contribution in [1.29, 1.82) is 0 Å². The molecule has 0 saturated carbocycles. The van der Waals surface area contributed by atoms with Crippen molar-refractivity contribution in [2.75, 3.05) is 6.61 Å². The summed E-state index contributed by atoms with van der Waals surface area (Å²) in [7, 11) is 0. The van der Waals surface area contributed by atoms with Gasteiger partial charge < -0.3 is 20.3 Å². The average Bonchev–Trinajstić information content (AvgIpc) is 3.30. The zero-order chi connectivity index (χ0) is 47.4. The zero-order valence-electron chi connectivity index (χ0n) is 43.9. The van der Waals surface area contributed by atoms with Gasteiger partial charge >= 0.3 is 5.97 Å². The Bertz CT molecular complexity index is 1030. The Labute approximate surface area is 405 Å². The molecule has 0 rings (SSSR count). The van der Waals surface area contributed by atoms with Gasteiger partial charge in [-0.2, -0.15) is 0 Å². The molecule has 0 aliphatic rings. The number of aliphatic hydroxyl groups excluding tert-OH is 2. The van der Waals surface area contributed by atoms with Gasteiger partial charge in [0.25, 0.3) is 0 Å². The normalized spacial score (nSPS) is 13.2. The number of nitrogens with one attached hydrogen (secondary N) is 1. The maximum absolute atomic E-state index is 13.3. The number of carbonyl (C=O) groups is 2. The number of hydrogen-bond acceptors (Lipinski definition) is 5. The molecule has 0 fully saturated rings. The molecule has 0 bridgehead atoms. The topological polar surface area (TPSA) is 95.9 Å². The molecule has 65 heavy (non-hydrogen) atoms. The molecule has 1 amide bonds. The second kappa shape index (κ2) is 53.3. The van der Waals surface area contributed by atoms with Crippen LogP contribution in [0, 0.1) is 0 Å². The summed E-state index contributed by atoms with van der Waals surface area (Å²) in [6.07, 6.45) is 62.4. The molecule has 3 atom stereocenters. The largest absolute Gasteiger partial charge is 0.462 e. The maximum atomic E-state index is 13.3. The van der Waals surface area contributed by atoms with Crippen LogP contribution in [0.25, 0.3) is 0 Å². The van der Waals surface area contributed by atoms with Crippen LogP contribution in [0.5, 0.6) is 0 Å². The fourth-order valence-corrected chi connectivity index (χ4v) is 9.18. The Balaban J connectivity index is 4.49. The van der Waals surface area contributed by atoms with Crippen molar-refractivity contribution in [2.45, 2.75) is 334 Å². The van der Waals surface area contributed by atoms with E-state index in [1.165, 1.54) is 205 Å². The molecule has 0 radical (unpaired) electrons. The van der Waals surface area contributed by atoms with E-state index in [9.17, 15) is 19.8 Å². The standard InChI is InChI=1S/C59H113NO5/c1-4-7-10-13-16-19-22-25-28-29-31-33-36-39-42-45-48-51-57(62)56(54-61)60-58(63)53-55(50-47-44-41-38-35-32-30-26-23-20-17-14-11-8-5-2)65-59(64)52-49-46-43-40-37-34-27-24-21-18-15-12-9-6-3/h9,12,18,21,55-57,61-62H,4-8,10-11,13-17,19-20,22-54H2,1-3H3,(H,60,63)/b12-9+,21-18+. The first-order valence-electron chi connectivity index (χ1n) is 29.1. The molecule has 3 unspecified atom stereocenters. The lowest BCUT2D eigenvalue weighted by atomic mass is 10.0. The van der Waals surface area contributed by atoms with Crippen molar-refractivity contribution in [1.82, 2.24) is 5.32 Å². The smallest absolute Gasteiger partial charge is 0.306 e. The van der Waals surface area contributed by atoms with Crippen LogP contribution < -0.4 is 5.32 Å². The first kappa shape index (κ1) is 63.3. The maximum Gasteiger partial charge on any atom is 0.306 e. The van der Waals surface area contributed by atoms with Crippen molar-refractivity contribution >= 4 is 11.9 Å². The number of allylic oxidation sites excluding steroid dienone is 4. The molecule has 0 aromatic carbocycles. The highest BCUT2D eigenvalue weighted by molar-refractivity contribution is 5.77. The summed E-state index contributed by atoms with van der Waals surface area (Å²) in [5, 5.41) is 23.9. The van der Waals surface area contributed by atoms with E-state index in [1.807, 2.05) is 0 Å². The third-order valence-corrected chi connectivity index (χ3v) is 13.5. The van der Waals surface area contributed by atoms with E-state index >= 15 is 0 Å². The summed E-state index contributed by atoms with van der Waals surface area (Å²) in [5.41, 5.74) is 0. The van der Waals surface area contributed by atoms with E-state index in [1.54, 1.807) is 0 Å². The molecule has 384 valence electrons. The lowest BCUT2D eigenvalue weighted by molar-refractivity contribution is -0.151. The predicted octanol–water partition coefficient (Wildman–Crippen LogP) is 17.9. The fraction of sp³-hybridized carbons (Fsp3) is 0.898. The third kappa shape index (κ3) is 48.6. The fourth-order valence-electron chi connectivity index (χ4n) is 9.18. The van der Waals surface area contributed by atoms with Gasteiger partial charge in [0, 0.05) is 6.42 Å². The van der Waals surface area contributed by atoms with Crippen LogP contribution in [0.2, 0.25) is 0 Å². The number of hydrogen-bond donors (Lipinski definition) is 3. The quantitative estimate of drug-likeness (QED) is 0.0321. The van der Waals surface area contributed by atoms with Crippen LogP contribution in [0.4, 0.5) is 0 Å². The van der Waals surface area contributed by atoms with Crippen LogP contribution in [0.15, 0.2) is 24.3 Å². The monoisotopic (exact) mass is 916 g/mol. The van der Waals surface area contributed by atoms with Gasteiger partial charge in [-0.15, -0.1) is 0 Å². The molecule has 0 spiro atoms. The summed E-state index contributed by atoms with van der Waals surface area (Å²) in [5.74, 6) is -0.463. The number of esters is 1. The highest BCUT2D eigenvalue weighted by Gasteiger charge is 2.24. The minimum absolute atomic E-state index is 0.0807. The summed E-state index contributed by atoms with van der Waals surface area (Å²) in [6.45, 7) is 6.42. The molecule has 0 heterocycles. The van der Waals surface area contributed by atoms with E-state index < -0.39 is 18.2 Å². The molecule has 0 aliphatic carbocycles. The predicted molar refractivity (Wildman–Crippen MR) is 283 cm³/mol. The van der Waals surface area contributed by atoms with E-state index in [4.69, 9.17) is 4.74 Å². The van der Waals surface area contributed by atoms with Gasteiger partial charge in [0.2, 0.25) is 5.91 Å². The van der Waals surface area contributed by atoms with Crippen LogP contribution in [-0.4, -0.2) is 46.9 Å². The Morgan fingerprint density at radius 1 is 0.462 bits per heavy atom. The molecule has 6 nitrogen and oxygen atoms in total. The van der Waals surface area contributed by atoms with Gasteiger partial charge in [0.05, 0.1) is 25.2 Å². The molecule has 0 saturated heterocycles. The van der Waals surface area contributed by atoms with Gasteiger partial charge in [-0.05, 0) is 51.4 Å². The average molecular weight is 917 g/mol. The van der Waals surface area contributed by atoms with Crippen LogP contribution in [-0.2, 0) is 14.3 Å².